The van der Waals surface area contributed by atoms with Crippen LogP contribution in [0.5, 0.6) is 0 Å². The molecule has 1 aromatic rings. The van der Waals surface area contributed by atoms with E-state index in [1.807, 2.05) is 12.3 Å². The van der Waals surface area contributed by atoms with Crippen LogP contribution in [0.4, 0.5) is 13.2 Å². The Labute approximate surface area is 112 Å². The van der Waals surface area contributed by atoms with Gasteiger partial charge in [0.15, 0.2) is 6.10 Å². The molecule has 1 aromatic heterocycles. The monoisotopic (exact) mass is 296 g/mol. The number of aromatic nitrogens is 1. The molecule has 108 valence electrons. The van der Waals surface area contributed by atoms with Gasteiger partial charge in [-0.1, -0.05) is 0 Å². The number of hydrogen-bond acceptors (Lipinski definition) is 5. The fraction of sp³-hybridized carbons (Fsp3) is 0.727. The van der Waals surface area contributed by atoms with Crippen LogP contribution in [0.2, 0.25) is 0 Å². The van der Waals surface area contributed by atoms with Crippen LogP contribution in [-0.2, 0) is 4.74 Å². The summed E-state index contributed by atoms with van der Waals surface area (Å²) in [6.07, 6.45) is -6.93. The van der Waals surface area contributed by atoms with Crippen molar-refractivity contribution in [2.24, 2.45) is 0 Å². The molecule has 2 heterocycles. The van der Waals surface area contributed by atoms with Crippen molar-refractivity contribution < 1.29 is 23.0 Å². The number of nitrogens with zero attached hydrogens (tertiary/aromatic N) is 2. The normalized spacial score (nSPS) is 23.5. The fourth-order valence-corrected chi connectivity index (χ4v) is 2.85. The van der Waals surface area contributed by atoms with Crippen molar-refractivity contribution in [2.75, 3.05) is 26.3 Å². The van der Waals surface area contributed by atoms with Crippen LogP contribution in [0.25, 0.3) is 0 Å². The zero-order valence-electron chi connectivity index (χ0n) is 10.4. The Kier molecular flexibility index (Phi) is 4.44. The van der Waals surface area contributed by atoms with Crippen LogP contribution < -0.4 is 0 Å². The minimum Gasteiger partial charge on any atom is -0.382 e. The number of morpholine rings is 1. The second-order valence-corrected chi connectivity index (χ2v) is 5.36. The molecule has 0 spiro atoms. The number of hydrogen-bond donors (Lipinski definition) is 1. The molecule has 4 nitrogen and oxygen atoms in total. The topological polar surface area (TPSA) is 45.6 Å². The van der Waals surface area contributed by atoms with E-state index in [1.165, 1.54) is 11.3 Å². The third-order valence-corrected chi connectivity index (χ3v) is 4.01. The predicted octanol–water partition coefficient (Wildman–Crippen LogP) is 1.75. The molecule has 0 saturated carbocycles. The highest BCUT2D eigenvalue weighted by Gasteiger charge is 2.41. The maximum Gasteiger partial charge on any atom is 0.415 e. The van der Waals surface area contributed by atoms with Crippen LogP contribution >= 0.6 is 11.3 Å². The van der Waals surface area contributed by atoms with E-state index in [-0.39, 0.29) is 6.04 Å². The van der Waals surface area contributed by atoms with Gasteiger partial charge in [0.25, 0.3) is 0 Å². The predicted molar refractivity (Wildman–Crippen MR) is 64.0 cm³/mol. The lowest BCUT2D eigenvalue weighted by Crippen LogP contribution is -2.47. The second-order valence-electron chi connectivity index (χ2n) is 4.47. The Morgan fingerprint density at radius 2 is 2.37 bits per heavy atom. The molecule has 0 aliphatic carbocycles. The molecule has 1 N–H and O–H groups in total. The third-order valence-electron chi connectivity index (χ3n) is 2.95. The number of aliphatic hydroxyl groups excluding tert-OH is 1. The summed E-state index contributed by atoms with van der Waals surface area (Å²) in [4.78, 5) is 5.87. The molecule has 1 aliphatic rings. The van der Waals surface area contributed by atoms with Gasteiger partial charge in [0.1, 0.15) is 5.01 Å². The van der Waals surface area contributed by atoms with Gasteiger partial charge < -0.3 is 9.84 Å². The largest absolute Gasteiger partial charge is 0.415 e. The average molecular weight is 296 g/mol. The van der Waals surface area contributed by atoms with Gasteiger partial charge in [-0.3, -0.25) is 4.90 Å². The highest BCUT2D eigenvalue weighted by Crippen LogP contribution is 2.29. The number of aliphatic hydroxyl groups is 1. The highest BCUT2D eigenvalue weighted by molar-refractivity contribution is 7.09. The third kappa shape index (κ3) is 3.65. The molecule has 1 aliphatic heterocycles. The molecule has 2 atom stereocenters. The van der Waals surface area contributed by atoms with E-state index in [1.54, 1.807) is 4.90 Å². The van der Waals surface area contributed by atoms with Crippen molar-refractivity contribution >= 4 is 11.3 Å². The summed E-state index contributed by atoms with van der Waals surface area (Å²) in [7, 11) is 0. The lowest BCUT2D eigenvalue weighted by molar-refractivity contribution is -0.212. The van der Waals surface area contributed by atoms with Crippen LogP contribution in [-0.4, -0.2) is 53.6 Å². The van der Waals surface area contributed by atoms with Gasteiger partial charge >= 0.3 is 6.18 Å². The first-order chi connectivity index (χ1) is 8.88. The van der Waals surface area contributed by atoms with Crippen molar-refractivity contribution in [3.63, 3.8) is 0 Å². The minimum absolute atomic E-state index is 0.303. The van der Waals surface area contributed by atoms with Crippen molar-refractivity contribution in [1.29, 1.82) is 0 Å². The molecule has 2 rings (SSSR count). The van der Waals surface area contributed by atoms with E-state index in [0.717, 1.165) is 10.7 Å². The summed E-state index contributed by atoms with van der Waals surface area (Å²) in [6.45, 7) is 2.41. The van der Waals surface area contributed by atoms with Gasteiger partial charge in [-0.15, -0.1) is 11.3 Å². The molecule has 2 unspecified atom stereocenters. The number of rotatable bonds is 3. The standard InChI is InChI=1S/C11H15F3N2O2S/c1-7-6-19-10(15-7)8-5-18-3-2-16(8)4-9(17)11(12,13)14/h6,8-9,17H,2-5H2,1H3. The lowest BCUT2D eigenvalue weighted by Gasteiger charge is -2.35. The fourth-order valence-electron chi connectivity index (χ4n) is 1.93. The molecular weight excluding hydrogens is 281 g/mol. The van der Waals surface area contributed by atoms with Crippen molar-refractivity contribution in [3.8, 4) is 0 Å². The Balaban J connectivity index is 2.08. The van der Waals surface area contributed by atoms with E-state index >= 15 is 0 Å². The first kappa shape index (κ1) is 14.7. The molecule has 0 bridgehead atoms. The first-order valence-corrected chi connectivity index (χ1v) is 6.74. The SMILES string of the molecule is Cc1csc(C2COCCN2CC(O)C(F)(F)F)n1. The van der Waals surface area contributed by atoms with Gasteiger partial charge in [0.2, 0.25) is 0 Å². The number of thiazole rings is 1. The summed E-state index contributed by atoms with van der Waals surface area (Å²) in [5.74, 6) is 0. The maximum atomic E-state index is 12.4. The molecule has 19 heavy (non-hydrogen) atoms. The maximum absolute atomic E-state index is 12.4. The first-order valence-electron chi connectivity index (χ1n) is 5.86. The molecule has 1 fully saturated rings. The molecule has 0 aromatic carbocycles. The van der Waals surface area contributed by atoms with Crippen molar-refractivity contribution in [2.45, 2.75) is 25.2 Å². The Morgan fingerprint density at radius 1 is 1.63 bits per heavy atom. The molecule has 1 saturated heterocycles. The lowest BCUT2D eigenvalue weighted by atomic mass is 10.2. The number of β-amino-alcohol motifs (C(OH)–C–C–N with tert-alkyl or cyclic N) is 1. The number of halogens is 3. The summed E-state index contributed by atoms with van der Waals surface area (Å²) in [5.41, 5.74) is 0.835. The van der Waals surface area contributed by atoms with Gasteiger partial charge in [0, 0.05) is 24.2 Å². The van der Waals surface area contributed by atoms with Crippen LogP contribution in [0.1, 0.15) is 16.7 Å². The molecule has 0 radical (unpaired) electrons. The smallest absolute Gasteiger partial charge is 0.382 e. The van der Waals surface area contributed by atoms with Gasteiger partial charge in [0.05, 0.1) is 19.3 Å². The summed E-state index contributed by atoms with van der Waals surface area (Å²) in [6, 6.07) is -0.315. The Morgan fingerprint density at radius 3 is 2.95 bits per heavy atom. The van der Waals surface area contributed by atoms with Crippen molar-refractivity contribution in [3.05, 3.63) is 16.1 Å². The summed E-state index contributed by atoms with van der Waals surface area (Å²) >= 11 is 1.40. The number of ether oxygens (including phenoxy) is 1. The van der Waals surface area contributed by atoms with Gasteiger partial charge in [-0.05, 0) is 6.92 Å². The molecule has 8 heteroatoms. The van der Waals surface area contributed by atoms with Crippen LogP contribution in [0, 0.1) is 6.92 Å². The van der Waals surface area contributed by atoms with Crippen LogP contribution in [0.15, 0.2) is 5.38 Å². The number of alkyl halides is 3. The number of aryl methyl sites for hydroxylation is 1. The quantitative estimate of drug-likeness (QED) is 0.923. The Bertz CT molecular complexity index is 424. The van der Waals surface area contributed by atoms with E-state index in [0.29, 0.717) is 19.8 Å². The molecular formula is C11H15F3N2O2S. The minimum atomic E-state index is -4.60. The second kappa shape index (κ2) is 5.74. The summed E-state index contributed by atoms with van der Waals surface area (Å²) in [5, 5.41) is 11.8. The zero-order chi connectivity index (χ0) is 14.0. The van der Waals surface area contributed by atoms with E-state index in [9.17, 15) is 18.3 Å². The zero-order valence-corrected chi connectivity index (χ0v) is 11.2. The van der Waals surface area contributed by atoms with Gasteiger partial charge in [-0.2, -0.15) is 13.2 Å². The summed E-state index contributed by atoms with van der Waals surface area (Å²) < 4.78 is 42.6. The van der Waals surface area contributed by atoms with E-state index in [4.69, 9.17) is 4.74 Å². The van der Waals surface area contributed by atoms with E-state index < -0.39 is 18.8 Å². The average Bonchev–Trinajstić information content (AvgIpc) is 2.75. The van der Waals surface area contributed by atoms with Crippen molar-refractivity contribution in [1.82, 2.24) is 9.88 Å². The van der Waals surface area contributed by atoms with E-state index in [2.05, 4.69) is 4.98 Å². The van der Waals surface area contributed by atoms with Crippen LogP contribution in [0.3, 0.4) is 0 Å². The molecule has 0 amide bonds. The van der Waals surface area contributed by atoms with Gasteiger partial charge in [-0.25, -0.2) is 4.98 Å². The Hall–Kier alpha value is -0.700. The highest BCUT2D eigenvalue weighted by atomic mass is 32.1.